The van der Waals surface area contributed by atoms with Crippen LogP contribution < -0.4 is 5.32 Å². The quantitative estimate of drug-likeness (QED) is 0.753. The zero-order valence-electron chi connectivity index (χ0n) is 11.9. The topological polar surface area (TPSA) is 32.3 Å². The number of halogens is 3. The van der Waals surface area contributed by atoms with E-state index in [1.165, 1.54) is 5.56 Å². The highest BCUT2D eigenvalue weighted by atomic mass is 19.4. The van der Waals surface area contributed by atoms with Crippen molar-refractivity contribution in [3.05, 3.63) is 35.4 Å². The summed E-state index contributed by atoms with van der Waals surface area (Å²) in [7, 11) is 0. The number of rotatable bonds is 7. The lowest BCUT2D eigenvalue weighted by Gasteiger charge is -2.14. The predicted octanol–water partition coefficient (Wildman–Crippen LogP) is 3.46. The Hall–Kier alpha value is -1.07. The third-order valence-corrected chi connectivity index (χ3v) is 2.93. The summed E-state index contributed by atoms with van der Waals surface area (Å²) in [6.45, 7) is 4.21. The van der Waals surface area contributed by atoms with E-state index < -0.39 is 18.7 Å². The number of benzene rings is 1. The summed E-state index contributed by atoms with van der Waals surface area (Å²) in [5.41, 5.74) is 1.91. The fraction of sp³-hybridized carbons (Fsp3) is 0.600. The molecule has 1 aromatic carbocycles. The normalized spacial score (nSPS) is 13.8. The molecule has 0 aliphatic carbocycles. The first-order valence-corrected chi connectivity index (χ1v) is 6.82. The van der Waals surface area contributed by atoms with Gasteiger partial charge in [-0.05, 0) is 23.5 Å². The van der Waals surface area contributed by atoms with Crippen molar-refractivity contribution >= 4 is 0 Å². The average molecular weight is 289 g/mol. The van der Waals surface area contributed by atoms with Crippen molar-refractivity contribution in [2.24, 2.45) is 5.92 Å². The number of aliphatic hydroxyl groups is 1. The van der Waals surface area contributed by atoms with Crippen molar-refractivity contribution in [2.45, 2.75) is 39.0 Å². The lowest BCUT2D eigenvalue weighted by Crippen LogP contribution is -2.26. The molecule has 0 radical (unpaired) electrons. The van der Waals surface area contributed by atoms with E-state index in [-0.39, 0.29) is 13.1 Å². The van der Waals surface area contributed by atoms with Crippen molar-refractivity contribution in [2.75, 3.05) is 13.1 Å². The molecule has 0 bridgehead atoms. The molecule has 0 fully saturated rings. The molecule has 0 spiro atoms. The standard InChI is InChI=1S/C15H22F3NO/c1-11(2)9-12-3-5-13(6-4-12)14(20)10-19-8-7-15(16,17)18/h3-6,11,14,19-20H,7-10H2,1-2H3. The Bertz CT molecular complexity index is 387. The van der Waals surface area contributed by atoms with Crippen LogP contribution in [-0.4, -0.2) is 24.4 Å². The van der Waals surface area contributed by atoms with E-state index in [0.717, 1.165) is 12.0 Å². The first-order chi connectivity index (χ1) is 9.28. The van der Waals surface area contributed by atoms with E-state index in [1.807, 2.05) is 24.3 Å². The molecule has 0 saturated heterocycles. The number of hydrogen-bond acceptors (Lipinski definition) is 2. The van der Waals surface area contributed by atoms with Gasteiger partial charge in [0.05, 0.1) is 12.5 Å². The van der Waals surface area contributed by atoms with Crippen molar-refractivity contribution in [3.63, 3.8) is 0 Å². The molecule has 2 nitrogen and oxygen atoms in total. The SMILES string of the molecule is CC(C)Cc1ccc(C(O)CNCCC(F)(F)F)cc1. The van der Waals surface area contributed by atoms with Gasteiger partial charge in [-0.2, -0.15) is 13.2 Å². The summed E-state index contributed by atoms with van der Waals surface area (Å²) in [6, 6.07) is 7.56. The number of alkyl halides is 3. The second-order valence-electron chi connectivity index (χ2n) is 5.42. The summed E-state index contributed by atoms with van der Waals surface area (Å²) < 4.78 is 35.8. The molecule has 0 saturated carbocycles. The highest BCUT2D eigenvalue weighted by Gasteiger charge is 2.26. The van der Waals surface area contributed by atoms with E-state index in [1.54, 1.807) is 0 Å². The molecule has 0 aromatic heterocycles. The van der Waals surface area contributed by atoms with Crippen LogP contribution in [0, 0.1) is 5.92 Å². The largest absolute Gasteiger partial charge is 0.390 e. The monoisotopic (exact) mass is 289 g/mol. The summed E-state index contributed by atoms with van der Waals surface area (Å²) in [6.07, 6.45) is -4.85. The maximum absolute atomic E-state index is 11.9. The van der Waals surface area contributed by atoms with Crippen molar-refractivity contribution in [3.8, 4) is 0 Å². The van der Waals surface area contributed by atoms with E-state index in [0.29, 0.717) is 5.92 Å². The maximum atomic E-state index is 11.9. The van der Waals surface area contributed by atoms with E-state index in [2.05, 4.69) is 19.2 Å². The molecule has 1 unspecified atom stereocenters. The van der Waals surface area contributed by atoms with Crippen molar-refractivity contribution in [1.82, 2.24) is 5.32 Å². The van der Waals surface area contributed by atoms with Gasteiger partial charge in [-0.3, -0.25) is 0 Å². The van der Waals surface area contributed by atoms with Crippen LogP contribution >= 0.6 is 0 Å². The minimum atomic E-state index is -4.16. The van der Waals surface area contributed by atoms with Crippen LogP contribution in [-0.2, 0) is 6.42 Å². The summed E-state index contributed by atoms with van der Waals surface area (Å²) >= 11 is 0. The minimum absolute atomic E-state index is 0.125. The van der Waals surface area contributed by atoms with Gasteiger partial charge in [-0.15, -0.1) is 0 Å². The fourth-order valence-electron chi connectivity index (χ4n) is 1.93. The average Bonchev–Trinajstić information content (AvgIpc) is 2.33. The van der Waals surface area contributed by atoms with Gasteiger partial charge in [0.1, 0.15) is 0 Å². The Morgan fingerprint density at radius 2 is 1.75 bits per heavy atom. The second kappa shape index (κ2) is 7.64. The molecular weight excluding hydrogens is 267 g/mol. The third kappa shape index (κ3) is 6.91. The summed E-state index contributed by atoms with van der Waals surface area (Å²) in [5.74, 6) is 0.565. The summed E-state index contributed by atoms with van der Waals surface area (Å²) in [4.78, 5) is 0. The Labute approximate surface area is 118 Å². The predicted molar refractivity (Wildman–Crippen MR) is 73.5 cm³/mol. The molecule has 2 N–H and O–H groups in total. The first kappa shape index (κ1) is 17.0. The van der Waals surface area contributed by atoms with Gasteiger partial charge < -0.3 is 10.4 Å². The third-order valence-electron chi connectivity index (χ3n) is 2.93. The molecule has 1 atom stereocenters. The fourth-order valence-corrected chi connectivity index (χ4v) is 1.93. The first-order valence-electron chi connectivity index (χ1n) is 6.82. The highest BCUT2D eigenvalue weighted by molar-refractivity contribution is 5.24. The molecule has 5 heteroatoms. The van der Waals surface area contributed by atoms with Crippen LogP contribution in [0.4, 0.5) is 13.2 Å². The molecule has 1 aromatic rings. The Morgan fingerprint density at radius 1 is 1.15 bits per heavy atom. The number of hydrogen-bond donors (Lipinski definition) is 2. The van der Waals surface area contributed by atoms with Crippen LogP contribution in [0.1, 0.15) is 37.5 Å². The zero-order valence-corrected chi connectivity index (χ0v) is 11.9. The minimum Gasteiger partial charge on any atom is -0.387 e. The van der Waals surface area contributed by atoms with Crippen LogP contribution in [0.15, 0.2) is 24.3 Å². The summed E-state index contributed by atoms with van der Waals surface area (Å²) in [5, 5.41) is 12.5. The molecule has 0 heterocycles. The second-order valence-corrected chi connectivity index (χ2v) is 5.42. The molecule has 0 amide bonds. The van der Waals surface area contributed by atoms with Crippen molar-refractivity contribution in [1.29, 1.82) is 0 Å². The van der Waals surface area contributed by atoms with E-state index in [4.69, 9.17) is 0 Å². The van der Waals surface area contributed by atoms with Gasteiger partial charge in [-0.25, -0.2) is 0 Å². The van der Waals surface area contributed by atoms with E-state index >= 15 is 0 Å². The molecule has 114 valence electrons. The van der Waals surface area contributed by atoms with Crippen LogP contribution in [0.25, 0.3) is 0 Å². The maximum Gasteiger partial charge on any atom is 0.390 e. The van der Waals surface area contributed by atoms with Gasteiger partial charge in [0.25, 0.3) is 0 Å². The van der Waals surface area contributed by atoms with Gasteiger partial charge in [0.15, 0.2) is 0 Å². The molecule has 1 rings (SSSR count). The van der Waals surface area contributed by atoms with Crippen LogP contribution in [0.2, 0.25) is 0 Å². The Morgan fingerprint density at radius 3 is 2.25 bits per heavy atom. The zero-order chi connectivity index (χ0) is 15.2. The Balaban J connectivity index is 2.38. The molecule has 20 heavy (non-hydrogen) atoms. The van der Waals surface area contributed by atoms with E-state index in [9.17, 15) is 18.3 Å². The number of aliphatic hydroxyl groups excluding tert-OH is 1. The van der Waals surface area contributed by atoms with Gasteiger partial charge in [-0.1, -0.05) is 38.1 Å². The van der Waals surface area contributed by atoms with Gasteiger partial charge in [0, 0.05) is 13.1 Å². The highest BCUT2D eigenvalue weighted by Crippen LogP contribution is 2.19. The van der Waals surface area contributed by atoms with Crippen molar-refractivity contribution < 1.29 is 18.3 Å². The molecule has 0 aliphatic heterocycles. The van der Waals surface area contributed by atoms with Gasteiger partial charge in [0.2, 0.25) is 0 Å². The van der Waals surface area contributed by atoms with Gasteiger partial charge >= 0.3 is 6.18 Å². The lowest BCUT2D eigenvalue weighted by molar-refractivity contribution is -0.133. The smallest absolute Gasteiger partial charge is 0.387 e. The van der Waals surface area contributed by atoms with Crippen LogP contribution in [0.3, 0.4) is 0 Å². The Kier molecular flexibility index (Phi) is 6.49. The number of nitrogens with one attached hydrogen (secondary N) is 1. The molecule has 0 aliphatic rings. The molecular formula is C15H22F3NO. The lowest BCUT2D eigenvalue weighted by atomic mass is 10.0. The van der Waals surface area contributed by atoms with Crippen LogP contribution in [0.5, 0.6) is 0 Å².